The van der Waals surface area contributed by atoms with Crippen LogP contribution in [-0.2, 0) is 30.1 Å². The maximum absolute atomic E-state index is 11.8. The predicted octanol–water partition coefficient (Wildman–Crippen LogP) is 1.85. The summed E-state index contributed by atoms with van der Waals surface area (Å²) in [5.41, 5.74) is 5.44. The molecule has 0 saturated carbocycles. The molecule has 0 aliphatic heterocycles. The van der Waals surface area contributed by atoms with Crippen molar-refractivity contribution >= 4 is 47.9 Å². The fourth-order valence-electron chi connectivity index (χ4n) is 2.24. The zero-order valence-corrected chi connectivity index (χ0v) is 16.5. The molecule has 28 heavy (non-hydrogen) atoms. The number of sulfone groups is 1. The molecule has 0 atom stereocenters. The van der Waals surface area contributed by atoms with Crippen molar-refractivity contribution in [2.24, 2.45) is 0 Å². The van der Waals surface area contributed by atoms with Crippen molar-refractivity contribution in [1.82, 2.24) is 0 Å². The van der Waals surface area contributed by atoms with Crippen LogP contribution in [0.4, 0.5) is 5.69 Å². The highest BCUT2D eigenvalue weighted by atomic mass is 32.2. The Morgan fingerprint density at radius 2 is 1.25 bits per heavy atom. The van der Waals surface area contributed by atoms with Gasteiger partial charge in [-0.3, -0.25) is 9.11 Å². The smallest absolute Gasteiger partial charge is 0.295 e. The van der Waals surface area contributed by atoms with E-state index in [0.29, 0.717) is 5.41 Å². The molecule has 2 aromatic rings. The molecular weight excluding hydrogens is 430 g/mol. The molecule has 0 aliphatic carbocycles. The molecule has 0 fully saturated rings. The first-order chi connectivity index (χ1) is 12.8. The van der Waals surface area contributed by atoms with E-state index < -0.39 is 44.8 Å². The minimum Gasteiger partial charge on any atom is -0.399 e. The number of anilines is 1. The molecule has 0 saturated heterocycles. The van der Waals surface area contributed by atoms with Crippen LogP contribution in [0.3, 0.4) is 0 Å². The van der Waals surface area contributed by atoms with E-state index in [1.54, 1.807) is 0 Å². The van der Waals surface area contributed by atoms with Gasteiger partial charge in [-0.2, -0.15) is 16.8 Å². The third kappa shape index (κ3) is 4.85. The summed E-state index contributed by atoms with van der Waals surface area (Å²) < 4.78 is 88.7. The lowest BCUT2D eigenvalue weighted by molar-refractivity contribution is 0.480. The first-order valence-electron chi connectivity index (χ1n) is 7.30. The van der Waals surface area contributed by atoms with Crippen molar-refractivity contribution in [3.8, 4) is 0 Å². The summed E-state index contributed by atoms with van der Waals surface area (Å²) in [6, 6.07) is 6.60. The Bertz CT molecular complexity index is 1290. The zero-order chi connectivity index (χ0) is 21.3. The Balaban J connectivity index is 2.67. The number of hydrogen-bond acceptors (Lipinski definition) is 7. The molecule has 0 amide bonds. The van der Waals surface area contributed by atoms with E-state index in [4.69, 9.17) is 5.73 Å². The lowest BCUT2D eigenvalue weighted by Gasteiger charge is -2.07. The average molecular weight is 445 g/mol. The Hall–Kier alpha value is -2.51. The largest absolute Gasteiger partial charge is 0.399 e. The van der Waals surface area contributed by atoms with Gasteiger partial charge in [-0.1, -0.05) is 30.9 Å². The van der Waals surface area contributed by atoms with Crippen molar-refractivity contribution in [2.45, 2.75) is 14.7 Å². The van der Waals surface area contributed by atoms with Crippen LogP contribution in [0.5, 0.6) is 0 Å². The summed E-state index contributed by atoms with van der Waals surface area (Å²) in [5.74, 6) is 0. The highest BCUT2D eigenvalue weighted by molar-refractivity contribution is 7.94. The number of hydrogen-bond donors (Lipinski definition) is 3. The fraction of sp³-hybridized carbons (Fsp3) is 0. The Morgan fingerprint density at radius 1 is 0.786 bits per heavy atom. The molecule has 0 bridgehead atoms. The molecule has 0 radical (unpaired) electrons. The van der Waals surface area contributed by atoms with Crippen LogP contribution in [-0.4, -0.2) is 34.4 Å². The van der Waals surface area contributed by atoms with Gasteiger partial charge in [0.15, 0.2) is 9.84 Å². The summed E-state index contributed by atoms with van der Waals surface area (Å²) in [6.45, 7) is 3.13. The Kier molecular flexibility index (Phi) is 5.82. The molecule has 0 unspecified atom stereocenters. The number of nitrogen functional groups attached to an aromatic ring is 1. The molecule has 12 heteroatoms. The van der Waals surface area contributed by atoms with Gasteiger partial charge in [-0.15, -0.1) is 0 Å². The van der Waals surface area contributed by atoms with Crippen LogP contribution in [0.1, 0.15) is 11.1 Å². The van der Waals surface area contributed by atoms with Crippen LogP contribution in [0.2, 0.25) is 0 Å². The third-order valence-electron chi connectivity index (χ3n) is 3.57. The number of rotatable bonds is 6. The van der Waals surface area contributed by atoms with Gasteiger partial charge in [0, 0.05) is 11.1 Å². The second kappa shape index (κ2) is 7.48. The highest BCUT2D eigenvalue weighted by Gasteiger charge is 2.20. The van der Waals surface area contributed by atoms with Gasteiger partial charge >= 0.3 is 0 Å². The van der Waals surface area contributed by atoms with Crippen molar-refractivity contribution < 1.29 is 34.4 Å². The normalized spacial score (nSPS) is 12.9. The first-order valence-corrected chi connectivity index (χ1v) is 11.7. The quantitative estimate of drug-likeness (QED) is 0.341. The van der Waals surface area contributed by atoms with E-state index in [0.717, 1.165) is 36.4 Å². The van der Waals surface area contributed by atoms with Crippen LogP contribution in [0, 0.1) is 0 Å². The fourth-order valence-corrected chi connectivity index (χ4v) is 4.48. The van der Waals surface area contributed by atoms with Crippen LogP contribution in [0.25, 0.3) is 12.2 Å². The van der Waals surface area contributed by atoms with Crippen LogP contribution < -0.4 is 5.73 Å². The predicted molar refractivity (Wildman–Crippen MR) is 103 cm³/mol. The highest BCUT2D eigenvalue weighted by Crippen LogP contribution is 2.25. The van der Waals surface area contributed by atoms with Gasteiger partial charge in [0.2, 0.25) is 0 Å². The molecule has 0 aliphatic rings. The van der Waals surface area contributed by atoms with Gasteiger partial charge in [0.25, 0.3) is 20.2 Å². The molecule has 2 aromatic carbocycles. The third-order valence-corrected chi connectivity index (χ3v) is 6.74. The van der Waals surface area contributed by atoms with Crippen molar-refractivity contribution in [3.05, 3.63) is 59.5 Å². The van der Waals surface area contributed by atoms with E-state index in [9.17, 15) is 34.4 Å². The summed E-state index contributed by atoms with van der Waals surface area (Å²) in [7, 11) is -13.4. The van der Waals surface area contributed by atoms with E-state index in [2.05, 4.69) is 6.58 Å². The van der Waals surface area contributed by atoms with E-state index in [1.165, 1.54) is 12.1 Å². The monoisotopic (exact) mass is 445 g/mol. The number of benzene rings is 2. The lowest BCUT2D eigenvalue weighted by Crippen LogP contribution is -2.04. The van der Waals surface area contributed by atoms with Gasteiger partial charge in [0.1, 0.15) is 9.79 Å². The molecule has 9 nitrogen and oxygen atoms in total. The summed E-state index contributed by atoms with van der Waals surface area (Å²) >= 11 is 0. The first kappa shape index (κ1) is 21.8. The maximum atomic E-state index is 11.8. The van der Waals surface area contributed by atoms with Crippen molar-refractivity contribution in [3.63, 3.8) is 0 Å². The van der Waals surface area contributed by atoms with E-state index in [1.807, 2.05) is 0 Å². The molecule has 2 rings (SSSR count). The summed E-state index contributed by atoms with van der Waals surface area (Å²) in [6.07, 6.45) is 2.29. The topological polar surface area (TPSA) is 169 Å². The van der Waals surface area contributed by atoms with Gasteiger partial charge in [0.05, 0.1) is 4.90 Å². The second-order valence-electron chi connectivity index (χ2n) is 5.49. The molecular formula is C16H15NO8S3. The standard InChI is InChI=1S/C16H15NO8S3/c1-2-26(18,19)14-8-6-12(16(10-14)28(23,24)25)4-3-11-5-7-13(17)9-15(11)27(20,21)22/h2-10H,1,17H2,(H,20,21,22)(H,23,24,25). The van der Waals surface area contributed by atoms with Gasteiger partial charge in [-0.05, 0) is 35.4 Å². The van der Waals surface area contributed by atoms with Gasteiger partial charge < -0.3 is 5.73 Å². The van der Waals surface area contributed by atoms with E-state index in [-0.39, 0.29) is 16.8 Å². The van der Waals surface area contributed by atoms with Gasteiger partial charge in [-0.25, -0.2) is 8.42 Å². The van der Waals surface area contributed by atoms with E-state index >= 15 is 0 Å². The maximum Gasteiger partial charge on any atom is 0.295 e. The minimum absolute atomic E-state index is 0.0132. The lowest BCUT2D eigenvalue weighted by atomic mass is 10.1. The van der Waals surface area contributed by atoms with Crippen molar-refractivity contribution in [2.75, 3.05) is 5.73 Å². The van der Waals surface area contributed by atoms with Crippen LogP contribution in [0.15, 0.2) is 63.1 Å². The molecule has 0 spiro atoms. The molecule has 0 aromatic heterocycles. The minimum atomic E-state index is -4.81. The zero-order valence-electron chi connectivity index (χ0n) is 14.0. The molecule has 0 heterocycles. The average Bonchev–Trinajstić information content (AvgIpc) is 2.58. The second-order valence-corrected chi connectivity index (χ2v) is 10.2. The number of nitrogens with two attached hydrogens (primary N) is 1. The molecule has 4 N–H and O–H groups in total. The molecule has 150 valence electrons. The Labute approximate surface area is 162 Å². The Morgan fingerprint density at radius 3 is 1.71 bits per heavy atom. The van der Waals surface area contributed by atoms with Crippen LogP contribution >= 0.6 is 0 Å². The summed E-state index contributed by atoms with van der Waals surface area (Å²) in [4.78, 5) is -1.63. The SMILES string of the molecule is C=CS(=O)(=O)c1ccc(C=Cc2ccc(N)cc2S(=O)(=O)O)c(S(=O)(=O)O)c1. The van der Waals surface area contributed by atoms with Crippen molar-refractivity contribution in [1.29, 1.82) is 0 Å². The summed E-state index contributed by atoms with van der Waals surface area (Å²) in [5, 5.41) is 0.623.